The van der Waals surface area contributed by atoms with Gasteiger partial charge >= 0.3 is 0 Å². The third kappa shape index (κ3) is 6.13. The van der Waals surface area contributed by atoms with Crippen LogP contribution in [0.4, 0.5) is 0 Å². The molecule has 0 atom stereocenters. The van der Waals surface area contributed by atoms with Crippen LogP contribution >= 0.6 is 0 Å². The third-order valence-electron chi connectivity index (χ3n) is 11.2. The van der Waals surface area contributed by atoms with Crippen molar-refractivity contribution in [2.24, 2.45) is 0 Å². The fraction of sp³-hybridized carbons (Fsp3) is 0.250. The molecule has 0 saturated heterocycles. The second-order valence-electron chi connectivity index (χ2n) is 15.8. The van der Waals surface area contributed by atoms with Gasteiger partial charge in [0, 0.05) is 21.7 Å². The minimum absolute atomic E-state index is 0.235. The van der Waals surface area contributed by atoms with Crippen LogP contribution in [0.5, 0.6) is 11.5 Å². The molecule has 2 heteroatoms. The molecule has 0 unspecified atom stereocenters. The summed E-state index contributed by atoms with van der Waals surface area (Å²) in [5, 5.41) is 23.4. The van der Waals surface area contributed by atoms with Crippen molar-refractivity contribution < 1.29 is 10.2 Å². The number of hydrogen-bond acceptors (Lipinski definition) is 2. The molecule has 0 fully saturated rings. The van der Waals surface area contributed by atoms with Crippen molar-refractivity contribution in [2.45, 2.75) is 77.0 Å². The number of phenolic OH excluding ortho intramolecular Hbond substituents is 2. The van der Waals surface area contributed by atoms with E-state index in [1.54, 1.807) is 0 Å². The number of rotatable bonds is 9. The molecule has 2 nitrogen and oxygen atoms in total. The van der Waals surface area contributed by atoms with Crippen molar-refractivity contribution in [3.63, 3.8) is 0 Å². The minimum Gasteiger partial charge on any atom is -0.508 e. The fourth-order valence-corrected chi connectivity index (χ4v) is 7.81. The molecule has 0 spiro atoms. The first kappa shape index (κ1) is 34.8. The molecule has 0 bridgehead atoms. The zero-order chi connectivity index (χ0) is 35.9. The zero-order valence-corrected chi connectivity index (χ0v) is 30.8. The van der Waals surface area contributed by atoms with Gasteiger partial charge in [0.25, 0.3) is 0 Å². The molecule has 6 rings (SSSR count). The van der Waals surface area contributed by atoms with E-state index in [0.717, 1.165) is 55.6 Å². The van der Waals surface area contributed by atoms with Gasteiger partial charge in [-0.1, -0.05) is 177 Å². The molecule has 254 valence electrons. The molecule has 2 N–H and O–H groups in total. The third-order valence-corrected chi connectivity index (χ3v) is 11.2. The normalized spacial score (nSPS) is 12.6. The van der Waals surface area contributed by atoms with Crippen molar-refractivity contribution in [3.8, 4) is 22.6 Å². The van der Waals surface area contributed by atoms with Gasteiger partial charge in [-0.25, -0.2) is 0 Å². The summed E-state index contributed by atoms with van der Waals surface area (Å²) in [5.41, 5.74) is 8.90. The quantitative estimate of drug-likeness (QED) is 0.162. The minimum atomic E-state index is -0.503. The van der Waals surface area contributed by atoms with Crippen LogP contribution in [-0.4, -0.2) is 10.2 Å². The number of benzene rings is 6. The molecule has 0 aromatic heterocycles. The smallest absolute Gasteiger partial charge is 0.116 e. The number of aromatic hydroxyl groups is 2. The average Bonchev–Trinajstić information content (AvgIpc) is 3.12. The van der Waals surface area contributed by atoms with Gasteiger partial charge in [-0.15, -0.1) is 0 Å². The van der Waals surface area contributed by atoms with E-state index in [1.807, 2.05) is 48.5 Å². The highest BCUT2D eigenvalue weighted by molar-refractivity contribution is 5.84. The first-order valence-electron chi connectivity index (χ1n) is 17.6. The van der Waals surface area contributed by atoms with Crippen molar-refractivity contribution >= 4 is 0 Å². The van der Waals surface area contributed by atoms with Crippen molar-refractivity contribution in [3.05, 3.63) is 190 Å². The van der Waals surface area contributed by atoms with Gasteiger partial charge in [-0.2, -0.15) is 0 Å². The lowest BCUT2D eigenvalue weighted by molar-refractivity contribution is 0.467. The summed E-state index contributed by atoms with van der Waals surface area (Å²) in [7, 11) is 0. The van der Waals surface area contributed by atoms with E-state index in [4.69, 9.17) is 0 Å². The lowest BCUT2D eigenvalue weighted by Gasteiger charge is -2.40. The van der Waals surface area contributed by atoms with Crippen molar-refractivity contribution in [1.82, 2.24) is 0 Å². The van der Waals surface area contributed by atoms with E-state index in [9.17, 15) is 10.2 Å². The van der Waals surface area contributed by atoms with Gasteiger partial charge in [0.1, 0.15) is 11.5 Å². The highest BCUT2D eigenvalue weighted by Crippen LogP contribution is 2.54. The molecule has 0 aliphatic rings. The SMILES string of the molecule is CC(C)(c1ccccc1)c1cc(O)cc(C(C)(C)c2ccccc2)c1-c1c(C(C)(C)c2ccccc2)cc(O)cc1C(C)(C)c1ccccc1. The van der Waals surface area contributed by atoms with E-state index in [0.29, 0.717) is 0 Å². The molecule has 6 aromatic rings. The van der Waals surface area contributed by atoms with E-state index in [2.05, 4.69) is 152 Å². The van der Waals surface area contributed by atoms with Crippen LogP contribution in [0.1, 0.15) is 99.9 Å². The van der Waals surface area contributed by atoms with E-state index >= 15 is 0 Å². The summed E-state index contributed by atoms with van der Waals surface area (Å²) in [5.74, 6) is 0.469. The molecule has 6 aromatic carbocycles. The Morgan fingerprint density at radius 3 is 0.660 bits per heavy atom. The summed E-state index contributed by atoms with van der Waals surface area (Å²) in [4.78, 5) is 0. The summed E-state index contributed by atoms with van der Waals surface area (Å²) < 4.78 is 0. The molecule has 0 saturated carbocycles. The van der Waals surface area contributed by atoms with Gasteiger partial charge in [-0.3, -0.25) is 0 Å². The monoisotopic (exact) mass is 658 g/mol. The van der Waals surface area contributed by atoms with Crippen LogP contribution in [0.2, 0.25) is 0 Å². The molecular weight excluding hydrogens is 609 g/mol. The van der Waals surface area contributed by atoms with Crippen LogP contribution < -0.4 is 0 Å². The lowest BCUT2D eigenvalue weighted by atomic mass is 9.63. The Morgan fingerprint density at radius 1 is 0.300 bits per heavy atom. The highest BCUT2D eigenvalue weighted by atomic mass is 16.3. The maximum atomic E-state index is 11.7. The topological polar surface area (TPSA) is 40.5 Å². The van der Waals surface area contributed by atoms with Gasteiger partial charge in [0.05, 0.1) is 0 Å². The Bertz CT molecular complexity index is 1790. The fourth-order valence-electron chi connectivity index (χ4n) is 7.81. The van der Waals surface area contributed by atoms with Gasteiger partial charge in [-0.05, 0) is 79.9 Å². The average molecular weight is 659 g/mol. The van der Waals surface area contributed by atoms with E-state index < -0.39 is 21.7 Å². The second kappa shape index (κ2) is 13.0. The highest BCUT2D eigenvalue weighted by Gasteiger charge is 2.40. The maximum Gasteiger partial charge on any atom is 0.116 e. The standard InChI is InChI=1S/C48H50O2/c1-45(2,33-21-13-9-14-22-33)39-29-37(49)30-40(46(3,4)34-23-15-10-16-24-34)43(39)44-41(47(5,6)35-25-17-11-18-26-35)31-38(50)32-42(44)48(7,8)36-27-19-12-20-28-36/h9-32,49-50H,1-8H3. The summed E-state index contributed by atoms with van der Waals surface area (Å²) in [6, 6.07) is 50.2. The summed E-state index contributed by atoms with van der Waals surface area (Å²) in [6.07, 6.45) is 0. The Morgan fingerprint density at radius 2 is 0.480 bits per heavy atom. The Hall–Kier alpha value is -5.08. The Labute approximate surface area is 299 Å². The molecule has 0 aliphatic carbocycles. The molecular formula is C48H50O2. The summed E-state index contributed by atoms with van der Waals surface area (Å²) in [6.45, 7) is 18.0. The van der Waals surface area contributed by atoms with Gasteiger partial charge < -0.3 is 10.2 Å². The summed E-state index contributed by atoms with van der Waals surface area (Å²) >= 11 is 0. The van der Waals surface area contributed by atoms with Crippen molar-refractivity contribution in [1.29, 1.82) is 0 Å². The first-order chi connectivity index (χ1) is 23.7. The maximum absolute atomic E-state index is 11.7. The molecule has 50 heavy (non-hydrogen) atoms. The number of phenols is 2. The first-order valence-corrected chi connectivity index (χ1v) is 17.6. The zero-order valence-electron chi connectivity index (χ0n) is 30.8. The molecule has 0 heterocycles. The predicted octanol–water partition coefficient (Wildman–Crippen LogP) is 12.1. The van der Waals surface area contributed by atoms with Crippen molar-refractivity contribution in [2.75, 3.05) is 0 Å². The van der Waals surface area contributed by atoms with E-state index in [-0.39, 0.29) is 11.5 Å². The van der Waals surface area contributed by atoms with E-state index in [1.165, 1.54) is 0 Å². The van der Waals surface area contributed by atoms with Crippen LogP contribution in [0, 0.1) is 0 Å². The van der Waals surface area contributed by atoms with Crippen LogP contribution in [-0.2, 0) is 21.7 Å². The largest absolute Gasteiger partial charge is 0.508 e. The Kier molecular flexibility index (Phi) is 9.03. The Balaban J connectivity index is 1.85. The van der Waals surface area contributed by atoms with Gasteiger partial charge in [0.15, 0.2) is 0 Å². The lowest BCUT2D eigenvalue weighted by Crippen LogP contribution is -2.29. The van der Waals surface area contributed by atoms with Crippen LogP contribution in [0.3, 0.4) is 0 Å². The molecule has 0 aliphatic heterocycles. The predicted molar refractivity (Wildman–Crippen MR) is 209 cm³/mol. The van der Waals surface area contributed by atoms with Gasteiger partial charge in [0.2, 0.25) is 0 Å². The second-order valence-corrected chi connectivity index (χ2v) is 15.8. The van der Waals surface area contributed by atoms with Crippen LogP contribution in [0.15, 0.2) is 146 Å². The van der Waals surface area contributed by atoms with Crippen LogP contribution in [0.25, 0.3) is 11.1 Å². The molecule has 0 amide bonds. The number of hydrogen-bond donors (Lipinski definition) is 2. The molecule has 0 radical (unpaired) electrons.